The molecule has 0 aliphatic heterocycles. The van der Waals surface area contributed by atoms with Crippen molar-refractivity contribution in [1.29, 1.82) is 0 Å². The number of carbonyl (C=O) groups is 1. The van der Waals surface area contributed by atoms with Crippen molar-refractivity contribution in [2.75, 3.05) is 11.1 Å². The summed E-state index contributed by atoms with van der Waals surface area (Å²) in [6.45, 7) is 3.75. The number of anilines is 2. The number of nitrogens with zero attached hydrogens (tertiary/aromatic N) is 1. The van der Waals surface area contributed by atoms with E-state index in [1.54, 1.807) is 0 Å². The Morgan fingerprint density at radius 1 is 1.62 bits per heavy atom. The largest absolute Gasteiger partial charge is 0.481 e. The normalized spacial score (nSPS) is 10.4. The van der Waals surface area contributed by atoms with Crippen molar-refractivity contribution in [2.24, 2.45) is 0 Å². The van der Waals surface area contributed by atoms with Crippen molar-refractivity contribution in [1.82, 2.24) is 9.97 Å². The predicted octanol–water partition coefficient (Wildman–Crippen LogP) is -0.201. The van der Waals surface area contributed by atoms with Gasteiger partial charge in [-0.2, -0.15) is 4.98 Å². The Kier molecular flexibility index (Phi) is 3.49. The molecule has 0 aliphatic carbocycles. The van der Waals surface area contributed by atoms with E-state index >= 15 is 0 Å². The summed E-state index contributed by atoms with van der Waals surface area (Å²) in [7, 11) is 0. The van der Waals surface area contributed by atoms with Gasteiger partial charge in [-0.05, 0) is 13.8 Å². The molecule has 0 fully saturated rings. The molecule has 0 radical (unpaired) electrons. The zero-order valence-corrected chi connectivity index (χ0v) is 9.07. The minimum Gasteiger partial charge on any atom is -0.481 e. The van der Waals surface area contributed by atoms with Crippen LogP contribution in [0.4, 0.5) is 11.8 Å². The number of aromatic amines is 1. The molecule has 0 aromatic carbocycles. The second-order valence-corrected chi connectivity index (χ2v) is 3.65. The van der Waals surface area contributed by atoms with Gasteiger partial charge in [-0.25, -0.2) is 0 Å². The van der Waals surface area contributed by atoms with Crippen LogP contribution in [0.3, 0.4) is 0 Å². The number of nitrogens with one attached hydrogen (secondary N) is 2. The van der Waals surface area contributed by atoms with Crippen molar-refractivity contribution in [3.05, 3.63) is 15.9 Å². The number of H-pyrrole nitrogens is 1. The molecule has 5 N–H and O–H groups in total. The van der Waals surface area contributed by atoms with E-state index in [0.29, 0.717) is 0 Å². The second-order valence-electron chi connectivity index (χ2n) is 3.65. The molecule has 0 atom stereocenters. The van der Waals surface area contributed by atoms with E-state index in [4.69, 9.17) is 10.8 Å². The third kappa shape index (κ3) is 2.97. The van der Waals surface area contributed by atoms with E-state index in [1.807, 2.05) is 13.8 Å². The summed E-state index contributed by atoms with van der Waals surface area (Å²) in [5, 5.41) is 11.5. The summed E-state index contributed by atoms with van der Waals surface area (Å²) >= 11 is 0. The summed E-state index contributed by atoms with van der Waals surface area (Å²) in [4.78, 5) is 28.3. The zero-order valence-electron chi connectivity index (χ0n) is 9.07. The minimum absolute atomic E-state index is 0.0261. The molecular weight excluding hydrogens is 212 g/mol. The first-order chi connectivity index (χ1) is 7.40. The highest BCUT2D eigenvalue weighted by atomic mass is 16.4. The van der Waals surface area contributed by atoms with Crippen molar-refractivity contribution in [3.63, 3.8) is 0 Å². The van der Waals surface area contributed by atoms with Crippen molar-refractivity contribution < 1.29 is 9.90 Å². The smallest absolute Gasteiger partial charge is 0.308 e. The lowest BCUT2D eigenvalue weighted by molar-refractivity contribution is -0.136. The number of nitrogen functional groups attached to an aromatic ring is 1. The zero-order chi connectivity index (χ0) is 12.3. The fourth-order valence-corrected chi connectivity index (χ4v) is 1.18. The van der Waals surface area contributed by atoms with Crippen LogP contribution in [0.25, 0.3) is 0 Å². The van der Waals surface area contributed by atoms with E-state index in [-0.39, 0.29) is 23.4 Å². The number of carboxylic acids is 1. The van der Waals surface area contributed by atoms with Crippen molar-refractivity contribution >= 4 is 17.7 Å². The first-order valence-electron chi connectivity index (χ1n) is 4.77. The number of aromatic nitrogens is 2. The van der Waals surface area contributed by atoms with E-state index in [1.165, 1.54) is 0 Å². The van der Waals surface area contributed by atoms with Gasteiger partial charge >= 0.3 is 5.97 Å². The number of nitrogens with two attached hydrogens (primary N) is 1. The Morgan fingerprint density at radius 2 is 2.25 bits per heavy atom. The number of hydrogen-bond acceptors (Lipinski definition) is 5. The SMILES string of the molecule is CC(C)Nc1nc(N)c(CC(=O)O)c(=O)[nH]1. The fourth-order valence-electron chi connectivity index (χ4n) is 1.18. The molecule has 7 heteroatoms. The maximum absolute atomic E-state index is 11.5. The van der Waals surface area contributed by atoms with Gasteiger partial charge in [0.2, 0.25) is 5.95 Å². The molecule has 1 rings (SSSR count). The molecule has 0 aliphatic rings. The lowest BCUT2D eigenvalue weighted by Crippen LogP contribution is -2.23. The van der Waals surface area contributed by atoms with Gasteiger partial charge in [0.15, 0.2) is 0 Å². The molecule has 0 unspecified atom stereocenters. The third-order valence-electron chi connectivity index (χ3n) is 1.80. The Labute approximate surface area is 91.7 Å². The molecule has 1 aromatic heterocycles. The van der Waals surface area contributed by atoms with E-state index < -0.39 is 17.9 Å². The van der Waals surface area contributed by atoms with Crippen LogP contribution in [-0.4, -0.2) is 27.1 Å². The van der Waals surface area contributed by atoms with Gasteiger partial charge in [-0.15, -0.1) is 0 Å². The van der Waals surface area contributed by atoms with Gasteiger partial charge in [-0.3, -0.25) is 14.6 Å². The quantitative estimate of drug-likeness (QED) is 0.564. The van der Waals surface area contributed by atoms with Crippen LogP contribution in [0, 0.1) is 0 Å². The van der Waals surface area contributed by atoms with Crippen LogP contribution in [0.5, 0.6) is 0 Å². The van der Waals surface area contributed by atoms with E-state index in [0.717, 1.165) is 0 Å². The molecule has 0 saturated heterocycles. The Bertz CT molecular complexity index is 453. The van der Waals surface area contributed by atoms with Gasteiger partial charge in [0, 0.05) is 6.04 Å². The number of hydrogen-bond donors (Lipinski definition) is 4. The second kappa shape index (κ2) is 4.65. The van der Waals surface area contributed by atoms with Gasteiger partial charge in [-0.1, -0.05) is 0 Å². The molecule has 88 valence electrons. The Morgan fingerprint density at radius 3 is 2.69 bits per heavy atom. The van der Waals surface area contributed by atoms with Crippen molar-refractivity contribution in [2.45, 2.75) is 26.3 Å². The van der Waals surface area contributed by atoms with Crippen LogP contribution in [0.2, 0.25) is 0 Å². The maximum atomic E-state index is 11.5. The van der Waals surface area contributed by atoms with Crippen molar-refractivity contribution in [3.8, 4) is 0 Å². The highest BCUT2D eigenvalue weighted by Crippen LogP contribution is 2.07. The predicted molar refractivity (Wildman–Crippen MR) is 59.4 cm³/mol. The number of rotatable bonds is 4. The molecule has 1 aromatic rings. The van der Waals surface area contributed by atoms with Gasteiger partial charge < -0.3 is 16.2 Å². The molecule has 0 spiro atoms. The minimum atomic E-state index is -1.12. The average Bonchev–Trinajstić information content (AvgIpc) is 2.10. The molecule has 0 saturated carbocycles. The lowest BCUT2D eigenvalue weighted by Gasteiger charge is -2.10. The number of aliphatic carboxylic acids is 1. The molecule has 1 heterocycles. The number of carboxylic acid groups (broad SMARTS) is 1. The van der Waals surface area contributed by atoms with Gasteiger partial charge in [0.25, 0.3) is 5.56 Å². The maximum Gasteiger partial charge on any atom is 0.308 e. The summed E-state index contributed by atoms with van der Waals surface area (Å²) in [5.74, 6) is -0.940. The summed E-state index contributed by atoms with van der Waals surface area (Å²) in [6.07, 6.45) is -0.434. The standard InChI is InChI=1S/C9H14N4O3/c1-4(2)11-9-12-7(10)5(3-6(14)15)8(16)13-9/h4H,3H2,1-2H3,(H,14,15)(H4,10,11,12,13,16). The van der Waals surface area contributed by atoms with Gasteiger partial charge in [0.05, 0.1) is 12.0 Å². The molecule has 0 bridgehead atoms. The Hall–Kier alpha value is -2.05. The molecule has 7 nitrogen and oxygen atoms in total. The average molecular weight is 226 g/mol. The van der Waals surface area contributed by atoms with Crippen LogP contribution >= 0.6 is 0 Å². The first kappa shape index (κ1) is 12.0. The van der Waals surface area contributed by atoms with E-state index in [9.17, 15) is 9.59 Å². The topological polar surface area (TPSA) is 121 Å². The van der Waals surface area contributed by atoms with Crippen LogP contribution < -0.4 is 16.6 Å². The highest BCUT2D eigenvalue weighted by molar-refractivity contribution is 5.72. The summed E-state index contributed by atoms with van der Waals surface area (Å²) in [5.41, 5.74) is 4.96. The fraction of sp³-hybridized carbons (Fsp3) is 0.444. The first-order valence-corrected chi connectivity index (χ1v) is 4.77. The summed E-state index contributed by atoms with van der Waals surface area (Å²) in [6, 6.07) is 0.0906. The van der Waals surface area contributed by atoms with Crippen LogP contribution in [0.15, 0.2) is 4.79 Å². The van der Waals surface area contributed by atoms with Gasteiger partial charge in [0.1, 0.15) is 5.82 Å². The lowest BCUT2D eigenvalue weighted by atomic mass is 10.2. The highest BCUT2D eigenvalue weighted by Gasteiger charge is 2.12. The van der Waals surface area contributed by atoms with Crippen LogP contribution in [-0.2, 0) is 11.2 Å². The molecule has 0 amide bonds. The third-order valence-corrected chi connectivity index (χ3v) is 1.80. The molecule has 16 heavy (non-hydrogen) atoms. The molecular formula is C9H14N4O3. The van der Waals surface area contributed by atoms with E-state index in [2.05, 4.69) is 15.3 Å². The monoisotopic (exact) mass is 226 g/mol. The van der Waals surface area contributed by atoms with Crippen LogP contribution in [0.1, 0.15) is 19.4 Å². The summed E-state index contributed by atoms with van der Waals surface area (Å²) < 4.78 is 0. The Balaban J connectivity index is 3.07.